The van der Waals surface area contributed by atoms with Crippen LogP contribution in [0.1, 0.15) is 23.3 Å². The minimum Gasteiger partial charge on any atom is -0.395 e. The topological polar surface area (TPSA) is 53.4 Å². The molecule has 1 N–H and O–H groups in total. The van der Waals surface area contributed by atoms with E-state index < -0.39 is 0 Å². The van der Waals surface area contributed by atoms with Crippen LogP contribution in [0.4, 0.5) is 0 Å². The zero-order chi connectivity index (χ0) is 14.8. The molecule has 6 heteroatoms. The third-order valence-electron chi connectivity index (χ3n) is 3.40. The van der Waals surface area contributed by atoms with E-state index in [0.717, 1.165) is 23.4 Å². The highest BCUT2D eigenvalue weighted by molar-refractivity contribution is 7.13. The van der Waals surface area contributed by atoms with Crippen LogP contribution in [0.5, 0.6) is 0 Å². The second-order valence-corrected chi connectivity index (χ2v) is 6.29. The van der Waals surface area contributed by atoms with Crippen molar-refractivity contribution < 1.29 is 9.90 Å². The van der Waals surface area contributed by atoms with Gasteiger partial charge in [-0.1, -0.05) is 23.7 Å². The summed E-state index contributed by atoms with van der Waals surface area (Å²) in [7, 11) is 0. The number of aliphatic hydroxyl groups is 1. The Labute approximate surface area is 132 Å². The van der Waals surface area contributed by atoms with Gasteiger partial charge in [0.25, 0.3) is 5.91 Å². The first kappa shape index (κ1) is 14.5. The molecule has 1 aliphatic carbocycles. The van der Waals surface area contributed by atoms with E-state index >= 15 is 0 Å². The normalized spacial score (nSPS) is 14.2. The number of carbonyl (C=O) groups is 1. The van der Waals surface area contributed by atoms with E-state index in [2.05, 4.69) is 4.98 Å². The molecular weight excluding hydrogens is 308 g/mol. The van der Waals surface area contributed by atoms with Gasteiger partial charge in [-0.2, -0.15) is 0 Å². The van der Waals surface area contributed by atoms with Crippen molar-refractivity contribution >= 4 is 28.8 Å². The highest BCUT2D eigenvalue weighted by atomic mass is 35.5. The number of rotatable bonds is 5. The number of benzene rings is 1. The molecule has 2 aromatic rings. The van der Waals surface area contributed by atoms with Crippen molar-refractivity contribution in [3.8, 4) is 10.6 Å². The molecule has 3 rings (SSSR count). The maximum absolute atomic E-state index is 12.5. The Balaban J connectivity index is 1.80. The summed E-state index contributed by atoms with van der Waals surface area (Å²) in [6, 6.07) is 7.67. The lowest BCUT2D eigenvalue weighted by Crippen LogP contribution is -2.35. The molecule has 1 amide bonds. The van der Waals surface area contributed by atoms with E-state index in [1.54, 1.807) is 10.3 Å². The van der Waals surface area contributed by atoms with Crippen LogP contribution in [0, 0.1) is 0 Å². The van der Waals surface area contributed by atoms with Gasteiger partial charge in [0.15, 0.2) is 0 Å². The Hall–Kier alpha value is -1.43. The molecule has 1 aromatic carbocycles. The van der Waals surface area contributed by atoms with Gasteiger partial charge in [0.1, 0.15) is 10.7 Å². The number of halogens is 1. The smallest absolute Gasteiger partial charge is 0.273 e. The lowest BCUT2D eigenvalue weighted by Gasteiger charge is -2.19. The molecule has 0 radical (unpaired) electrons. The van der Waals surface area contributed by atoms with E-state index in [4.69, 9.17) is 16.7 Å². The first-order valence-electron chi connectivity index (χ1n) is 6.82. The molecule has 110 valence electrons. The maximum Gasteiger partial charge on any atom is 0.273 e. The van der Waals surface area contributed by atoms with Crippen molar-refractivity contribution in [2.24, 2.45) is 0 Å². The van der Waals surface area contributed by atoms with E-state index in [1.165, 1.54) is 11.3 Å². The molecule has 1 aliphatic rings. The second-order valence-electron chi connectivity index (χ2n) is 5.00. The van der Waals surface area contributed by atoms with Crippen LogP contribution in [0.2, 0.25) is 5.02 Å². The van der Waals surface area contributed by atoms with Crippen LogP contribution in [-0.2, 0) is 0 Å². The Morgan fingerprint density at radius 3 is 2.71 bits per heavy atom. The SMILES string of the molecule is O=C(c1csc(-c2ccc(Cl)cc2)n1)N(CCO)C1CC1. The molecular formula is C15H15ClN2O2S. The summed E-state index contributed by atoms with van der Waals surface area (Å²) in [5.41, 5.74) is 1.40. The van der Waals surface area contributed by atoms with E-state index in [1.807, 2.05) is 24.3 Å². The van der Waals surface area contributed by atoms with Crippen LogP contribution in [-0.4, -0.2) is 40.1 Å². The molecule has 1 aromatic heterocycles. The zero-order valence-electron chi connectivity index (χ0n) is 11.3. The largest absolute Gasteiger partial charge is 0.395 e. The van der Waals surface area contributed by atoms with Gasteiger partial charge in [-0.25, -0.2) is 4.98 Å². The Morgan fingerprint density at radius 2 is 2.10 bits per heavy atom. The molecule has 0 unspecified atom stereocenters. The summed E-state index contributed by atoms with van der Waals surface area (Å²) < 4.78 is 0. The molecule has 4 nitrogen and oxygen atoms in total. The van der Waals surface area contributed by atoms with Crippen LogP contribution < -0.4 is 0 Å². The van der Waals surface area contributed by atoms with Gasteiger partial charge >= 0.3 is 0 Å². The fourth-order valence-corrected chi connectivity index (χ4v) is 3.11. The number of aromatic nitrogens is 1. The molecule has 1 fully saturated rings. The third kappa shape index (κ3) is 3.26. The van der Waals surface area contributed by atoms with Gasteiger partial charge in [0, 0.05) is 28.6 Å². The predicted molar refractivity (Wildman–Crippen MR) is 83.7 cm³/mol. The average molecular weight is 323 g/mol. The molecule has 0 aliphatic heterocycles. The zero-order valence-corrected chi connectivity index (χ0v) is 12.9. The molecule has 0 atom stereocenters. The number of hydrogen-bond donors (Lipinski definition) is 1. The Bertz CT molecular complexity index is 637. The fraction of sp³-hybridized carbons (Fsp3) is 0.333. The van der Waals surface area contributed by atoms with Gasteiger partial charge in [0.2, 0.25) is 0 Å². The minimum atomic E-state index is -0.0944. The van der Waals surface area contributed by atoms with Gasteiger partial charge in [0.05, 0.1) is 6.61 Å². The summed E-state index contributed by atoms with van der Waals surface area (Å²) >= 11 is 7.31. The number of amides is 1. The van der Waals surface area contributed by atoms with Crippen molar-refractivity contribution in [1.29, 1.82) is 0 Å². The van der Waals surface area contributed by atoms with Crippen LogP contribution in [0.25, 0.3) is 10.6 Å². The number of hydrogen-bond acceptors (Lipinski definition) is 4. The van der Waals surface area contributed by atoms with Crippen molar-refractivity contribution in [2.75, 3.05) is 13.2 Å². The molecule has 0 bridgehead atoms. The lowest BCUT2D eigenvalue weighted by atomic mass is 10.2. The first-order valence-corrected chi connectivity index (χ1v) is 8.08. The quantitative estimate of drug-likeness (QED) is 0.920. The Morgan fingerprint density at radius 1 is 1.38 bits per heavy atom. The van der Waals surface area contributed by atoms with E-state index in [9.17, 15) is 4.79 Å². The summed E-state index contributed by atoms with van der Waals surface area (Å²) in [5, 5.41) is 12.3. The first-order chi connectivity index (χ1) is 10.2. The van der Waals surface area contributed by atoms with Crippen LogP contribution in [0.3, 0.4) is 0 Å². The number of carbonyl (C=O) groups excluding carboxylic acids is 1. The second kappa shape index (κ2) is 6.13. The number of thiazole rings is 1. The molecule has 0 saturated heterocycles. The number of aliphatic hydroxyl groups excluding tert-OH is 1. The van der Waals surface area contributed by atoms with Crippen LogP contribution >= 0.6 is 22.9 Å². The maximum atomic E-state index is 12.5. The Kier molecular flexibility index (Phi) is 4.24. The minimum absolute atomic E-state index is 0.0174. The van der Waals surface area contributed by atoms with Crippen molar-refractivity contribution in [2.45, 2.75) is 18.9 Å². The van der Waals surface area contributed by atoms with E-state index in [0.29, 0.717) is 17.3 Å². The molecule has 1 saturated carbocycles. The average Bonchev–Trinajstić information content (AvgIpc) is 3.21. The third-order valence-corrected chi connectivity index (χ3v) is 4.55. The molecule has 21 heavy (non-hydrogen) atoms. The molecule has 1 heterocycles. The van der Waals surface area contributed by atoms with Crippen molar-refractivity contribution in [1.82, 2.24) is 9.88 Å². The fourth-order valence-electron chi connectivity index (χ4n) is 2.19. The van der Waals surface area contributed by atoms with E-state index in [-0.39, 0.29) is 18.6 Å². The van der Waals surface area contributed by atoms with Gasteiger partial charge in [-0.15, -0.1) is 11.3 Å². The van der Waals surface area contributed by atoms with Crippen molar-refractivity contribution in [3.63, 3.8) is 0 Å². The summed E-state index contributed by atoms with van der Waals surface area (Å²) in [5.74, 6) is -0.0944. The lowest BCUT2D eigenvalue weighted by molar-refractivity contribution is 0.0702. The van der Waals surface area contributed by atoms with Crippen molar-refractivity contribution in [3.05, 3.63) is 40.4 Å². The van der Waals surface area contributed by atoms with Crippen LogP contribution in [0.15, 0.2) is 29.6 Å². The highest BCUT2D eigenvalue weighted by Crippen LogP contribution is 2.30. The highest BCUT2D eigenvalue weighted by Gasteiger charge is 2.33. The summed E-state index contributed by atoms with van der Waals surface area (Å²) in [6.07, 6.45) is 2.03. The van der Waals surface area contributed by atoms with Gasteiger partial charge in [-0.3, -0.25) is 4.79 Å². The predicted octanol–water partition coefficient (Wildman–Crippen LogP) is 3.06. The van der Waals surface area contributed by atoms with Gasteiger partial charge < -0.3 is 10.0 Å². The van der Waals surface area contributed by atoms with Gasteiger partial charge in [-0.05, 0) is 25.0 Å². The standard InChI is InChI=1S/C15H15ClN2O2S/c16-11-3-1-10(2-4-11)14-17-13(9-21-14)15(20)18(7-8-19)12-5-6-12/h1-4,9,12,19H,5-8H2. The monoisotopic (exact) mass is 322 g/mol. The summed E-state index contributed by atoms with van der Waals surface area (Å²) in [6.45, 7) is 0.355. The number of nitrogens with zero attached hydrogens (tertiary/aromatic N) is 2. The summed E-state index contributed by atoms with van der Waals surface area (Å²) in [4.78, 5) is 18.6. The molecule has 0 spiro atoms.